The van der Waals surface area contributed by atoms with Crippen LogP contribution in [0.2, 0.25) is 0 Å². The van der Waals surface area contributed by atoms with Crippen LogP contribution in [-0.4, -0.2) is 24.4 Å². The third kappa shape index (κ3) is 3.45. The number of thiophene rings is 1. The summed E-state index contributed by atoms with van der Waals surface area (Å²) in [5.41, 5.74) is 5.44. The van der Waals surface area contributed by atoms with E-state index in [9.17, 15) is 9.59 Å². The summed E-state index contributed by atoms with van der Waals surface area (Å²) >= 11 is 1.47. The van der Waals surface area contributed by atoms with E-state index in [0.717, 1.165) is 4.88 Å². The van der Waals surface area contributed by atoms with Crippen molar-refractivity contribution >= 4 is 23.1 Å². The second-order valence-corrected chi connectivity index (χ2v) is 3.98. The Balaban J connectivity index is 2.50. The fourth-order valence-corrected chi connectivity index (χ4v) is 1.77. The highest BCUT2D eigenvalue weighted by Crippen LogP contribution is 2.10. The van der Waals surface area contributed by atoms with Crippen LogP contribution >= 0.6 is 11.3 Å². The average molecular weight is 227 g/mol. The molecule has 1 rings (SSSR count). The topological polar surface area (TPSA) is 69.4 Å². The second-order valence-electron chi connectivity index (χ2n) is 2.95. The molecule has 0 aliphatic carbocycles. The van der Waals surface area contributed by atoms with Gasteiger partial charge >= 0.3 is 5.97 Å². The molecule has 0 aromatic carbocycles. The van der Waals surface area contributed by atoms with Gasteiger partial charge in [0.1, 0.15) is 0 Å². The SMILES string of the molecule is CCOC(=O)C(N)C(=O)Cc1cccs1. The molecule has 1 atom stereocenters. The number of rotatable bonds is 5. The van der Waals surface area contributed by atoms with Crippen LogP contribution < -0.4 is 5.73 Å². The number of ether oxygens (including phenoxy) is 1. The maximum Gasteiger partial charge on any atom is 0.330 e. The first-order chi connectivity index (χ1) is 7.15. The minimum atomic E-state index is -1.16. The summed E-state index contributed by atoms with van der Waals surface area (Å²) in [5.74, 6) is -0.963. The molecule has 0 saturated carbocycles. The first kappa shape index (κ1) is 11.9. The first-order valence-electron chi connectivity index (χ1n) is 4.62. The Morgan fingerprint density at radius 2 is 2.33 bits per heavy atom. The summed E-state index contributed by atoms with van der Waals surface area (Å²) in [4.78, 5) is 23.6. The summed E-state index contributed by atoms with van der Waals surface area (Å²) in [7, 11) is 0. The molecule has 0 aliphatic rings. The van der Waals surface area contributed by atoms with Crippen LogP contribution in [0.15, 0.2) is 17.5 Å². The van der Waals surface area contributed by atoms with Gasteiger partial charge in [-0.2, -0.15) is 0 Å². The van der Waals surface area contributed by atoms with Gasteiger partial charge in [-0.05, 0) is 18.4 Å². The maximum absolute atomic E-state index is 11.5. The van der Waals surface area contributed by atoms with Crippen molar-refractivity contribution < 1.29 is 14.3 Å². The molecule has 4 nitrogen and oxygen atoms in total. The van der Waals surface area contributed by atoms with Gasteiger partial charge < -0.3 is 10.5 Å². The minimum absolute atomic E-state index is 0.192. The minimum Gasteiger partial charge on any atom is -0.464 e. The van der Waals surface area contributed by atoms with Gasteiger partial charge in [-0.15, -0.1) is 11.3 Å². The van der Waals surface area contributed by atoms with Crippen LogP contribution in [0.5, 0.6) is 0 Å². The van der Waals surface area contributed by atoms with E-state index in [4.69, 9.17) is 5.73 Å². The van der Waals surface area contributed by atoms with Crippen LogP contribution in [0, 0.1) is 0 Å². The zero-order chi connectivity index (χ0) is 11.3. The van der Waals surface area contributed by atoms with E-state index in [1.807, 2.05) is 17.5 Å². The van der Waals surface area contributed by atoms with Gasteiger partial charge in [0.05, 0.1) is 6.61 Å². The van der Waals surface area contributed by atoms with Crippen molar-refractivity contribution in [3.05, 3.63) is 22.4 Å². The number of carbonyl (C=O) groups excluding carboxylic acids is 2. The van der Waals surface area contributed by atoms with Crippen molar-refractivity contribution in [2.45, 2.75) is 19.4 Å². The molecule has 0 aliphatic heterocycles. The molecule has 0 saturated heterocycles. The zero-order valence-electron chi connectivity index (χ0n) is 8.43. The number of Topliss-reactive ketones (excluding diaryl/α,β-unsaturated/α-hetero) is 1. The molecule has 15 heavy (non-hydrogen) atoms. The lowest BCUT2D eigenvalue weighted by atomic mass is 10.1. The molecule has 1 aromatic heterocycles. The molecule has 82 valence electrons. The van der Waals surface area contributed by atoms with Gasteiger partial charge in [-0.1, -0.05) is 6.07 Å². The highest BCUT2D eigenvalue weighted by Gasteiger charge is 2.23. The van der Waals surface area contributed by atoms with E-state index in [0.29, 0.717) is 0 Å². The number of carbonyl (C=O) groups is 2. The van der Waals surface area contributed by atoms with Crippen LogP contribution in [-0.2, 0) is 20.7 Å². The van der Waals surface area contributed by atoms with E-state index in [1.165, 1.54) is 11.3 Å². The number of hydrogen-bond donors (Lipinski definition) is 1. The fourth-order valence-electron chi connectivity index (χ4n) is 1.06. The van der Waals surface area contributed by atoms with E-state index in [-0.39, 0.29) is 18.8 Å². The van der Waals surface area contributed by atoms with E-state index < -0.39 is 12.0 Å². The molecule has 0 bridgehead atoms. The molecule has 1 aromatic rings. The van der Waals surface area contributed by atoms with Gasteiger partial charge in [-0.3, -0.25) is 4.79 Å². The molecular formula is C10H13NO3S. The summed E-state index contributed by atoms with van der Waals surface area (Å²) in [5, 5.41) is 1.87. The summed E-state index contributed by atoms with van der Waals surface area (Å²) < 4.78 is 4.66. The van der Waals surface area contributed by atoms with E-state index in [1.54, 1.807) is 6.92 Å². The summed E-state index contributed by atoms with van der Waals surface area (Å²) in [6, 6.07) is 2.52. The maximum atomic E-state index is 11.5. The normalized spacial score (nSPS) is 12.1. The standard InChI is InChI=1S/C10H13NO3S/c1-2-14-10(13)9(11)8(12)6-7-4-3-5-15-7/h3-5,9H,2,6,11H2,1H3. The second kappa shape index (κ2) is 5.63. The lowest BCUT2D eigenvalue weighted by molar-refractivity contribution is -0.147. The van der Waals surface area contributed by atoms with Crippen molar-refractivity contribution in [3.8, 4) is 0 Å². The molecule has 1 heterocycles. The number of hydrogen-bond acceptors (Lipinski definition) is 5. The molecule has 0 amide bonds. The molecule has 0 spiro atoms. The van der Waals surface area contributed by atoms with Gasteiger partial charge in [0, 0.05) is 11.3 Å². The highest BCUT2D eigenvalue weighted by atomic mass is 32.1. The van der Waals surface area contributed by atoms with Crippen LogP contribution in [0.1, 0.15) is 11.8 Å². The van der Waals surface area contributed by atoms with Crippen LogP contribution in [0.4, 0.5) is 0 Å². The Bertz CT molecular complexity index is 334. The van der Waals surface area contributed by atoms with Gasteiger partial charge in [0.15, 0.2) is 11.8 Å². The summed E-state index contributed by atoms with van der Waals surface area (Å²) in [6.07, 6.45) is 0.192. The Kier molecular flexibility index (Phi) is 4.45. The Morgan fingerprint density at radius 3 is 2.87 bits per heavy atom. The van der Waals surface area contributed by atoms with Crippen molar-refractivity contribution in [1.82, 2.24) is 0 Å². The Labute approximate surface area is 92.0 Å². The monoisotopic (exact) mass is 227 g/mol. The highest BCUT2D eigenvalue weighted by molar-refractivity contribution is 7.10. The lowest BCUT2D eigenvalue weighted by Crippen LogP contribution is -2.40. The van der Waals surface area contributed by atoms with Crippen molar-refractivity contribution in [1.29, 1.82) is 0 Å². The predicted molar refractivity (Wildman–Crippen MR) is 57.6 cm³/mol. The van der Waals surface area contributed by atoms with Crippen LogP contribution in [0.3, 0.4) is 0 Å². The fraction of sp³-hybridized carbons (Fsp3) is 0.400. The third-order valence-corrected chi connectivity index (χ3v) is 2.69. The molecule has 2 N–H and O–H groups in total. The predicted octanol–water partition coefficient (Wildman–Crippen LogP) is 0.750. The molecular weight excluding hydrogens is 214 g/mol. The molecule has 1 unspecified atom stereocenters. The molecule has 0 fully saturated rings. The Hall–Kier alpha value is -1.20. The quantitative estimate of drug-likeness (QED) is 0.595. The van der Waals surface area contributed by atoms with Crippen LogP contribution in [0.25, 0.3) is 0 Å². The number of ketones is 1. The van der Waals surface area contributed by atoms with Crippen molar-refractivity contribution in [3.63, 3.8) is 0 Å². The molecule has 0 radical (unpaired) electrons. The lowest BCUT2D eigenvalue weighted by Gasteiger charge is -2.08. The van der Waals surface area contributed by atoms with Crippen molar-refractivity contribution in [2.75, 3.05) is 6.61 Å². The zero-order valence-corrected chi connectivity index (χ0v) is 9.25. The van der Waals surface area contributed by atoms with Gasteiger partial charge in [0.2, 0.25) is 0 Å². The first-order valence-corrected chi connectivity index (χ1v) is 5.50. The van der Waals surface area contributed by atoms with Gasteiger partial charge in [-0.25, -0.2) is 4.79 Å². The average Bonchev–Trinajstić information content (AvgIpc) is 2.69. The van der Waals surface area contributed by atoms with E-state index in [2.05, 4.69) is 4.74 Å². The Morgan fingerprint density at radius 1 is 1.60 bits per heavy atom. The van der Waals surface area contributed by atoms with E-state index >= 15 is 0 Å². The number of nitrogens with two attached hydrogens (primary N) is 1. The number of esters is 1. The third-order valence-electron chi connectivity index (χ3n) is 1.82. The van der Waals surface area contributed by atoms with Crippen molar-refractivity contribution in [2.24, 2.45) is 5.73 Å². The van der Waals surface area contributed by atoms with Gasteiger partial charge in [0.25, 0.3) is 0 Å². The smallest absolute Gasteiger partial charge is 0.330 e. The summed E-state index contributed by atoms with van der Waals surface area (Å²) in [6.45, 7) is 1.91. The molecule has 5 heteroatoms. The largest absolute Gasteiger partial charge is 0.464 e.